The van der Waals surface area contributed by atoms with E-state index >= 15 is 0 Å². The third kappa shape index (κ3) is 18.2. The molecular weight excluding hydrogens is 678 g/mol. The van der Waals surface area contributed by atoms with E-state index in [0.717, 1.165) is 5.56 Å². The van der Waals surface area contributed by atoms with Gasteiger partial charge < -0.3 is 24.6 Å². The Labute approximate surface area is 305 Å². The molecule has 1 saturated carbocycles. The van der Waals surface area contributed by atoms with Crippen molar-refractivity contribution in [1.82, 2.24) is 4.90 Å². The van der Waals surface area contributed by atoms with Gasteiger partial charge >= 0.3 is 5.97 Å². The number of aryl methyl sites for hydroxylation is 1. The number of hydrogen-bond donors (Lipinski definition) is 2. The van der Waals surface area contributed by atoms with Crippen LogP contribution >= 0.6 is 0 Å². The van der Waals surface area contributed by atoms with Crippen LogP contribution in [0.2, 0.25) is 0 Å². The summed E-state index contributed by atoms with van der Waals surface area (Å²) in [7, 11) is 0. The highest BCUT2D eigenvalue weighted by molar-refractivity contribution is 5.95. The van der Waals surface area contributed by atoms with E-state index in [9.17, 15) is 44.8 Å². The minimum absolute atomic E-state index is 0.0205. The maximum Gasteiger partial charge on any atom is 0.306 e. The van der Waals surface area contributed by atoms with Crippen LogP contribution in [0.25, 0.3) is 0 Å². The molecule has 0 heterocycles. The van der Waals surface area contributed by atoms with Crippen molar-refractivity contribution in [2.75, 3.05) is 19.8 Å². The number of nitrogens with zero attached hydrogens (tertiary/aromatic N) is 3. The summed E-state index contributed by atoms with van der Waals surface area (Å²) in [6.45, 7) is 1.97. The molecule has 1 aliphatic carbocycles. The first-order valence-corrected chi connectivity index (χ1v) is 18.3. The predicted molar refractivity (Wildman–Crippen MR) is 190 cm³/mol. The number of ether oxygens (including phenoxy) is 1. The summed E-state index contributed by atoms with van der Waals surface area (Å²) >= 11 is 0. The van der Waals surface area contributed by atoms with Crippen molar-refractivity contribution in [3.05, 3.63) is 80.4 Å². The Morgan fingerprint density at radius 1 is 0.865 bits per heavy atom. The smallest absolute Gasteiger partial charge is 0.306 e. The molecule has 2 N–H and O–H groups in total. The number of carbonyl (C=O) groups excluding carboxylic acids is 3. The van der Waals surface area contributed by atoms with Crippen LogP contribution < -0.4 is 0 Å². The molecule has 1 aromatic rings. The molecule has 5 atom stereocenters. The van der Waals surface area contributed by atoms with Crippen molar-refractivity contribution in [3.63, 3.8) is 0 Å². The van der Waals surface area contributed by atoms with Gasteiger partial charge in [-0.1, -0.05) is 61.4 Å². The van der Waals surface area contributed by atoms with Gasteiger partial charge in [-0.3, -0.25) is 19.3 Å². The lowest BCUT2D eigenvalue weighted by Gasteiger charge is -2.21. The molecule has 1 aromatic carbocycles. The molecule has 1 aliphatic rings. The number of carbonyl (C=O) groups is 3. The lowest BCUT2D eigenvalue weighted by molar-refractivity contribution is -0.757. The molecular formula is C37H55N3O12. The summed E-state index contributed by atoms with van der Waals surface area (Å²) in [5.74, 6) is -1.50. The van der Waals surface area contributed by atoms with Crippen LogP contribution in [0.4, 0.5) is 0 Å². The number of aliphatic hydroxyl groups is 2. The number of amides is 2. The maximum atomic E-state index is 12.7. The highest BCUT2D eigenvalue weighted by Crippen LogP contribution is 2.36. The van der Waals surface area contributed by atoms with Gasteiger partial charge in [0.1, 0.15) is 6.10 Å². The zero-order chi connectivity index (χ0) is 38.1. The quantitative estimate of drug-likeness (QED) is 0.0379. The molecule has 0 saturated heterocycles. The Bertz CT molecular complexity index is 1290. The Kier molecular flexibility index (Phi) is 21.5. The van der Waals surface area contributed by atoms with E-state index in [-0.39, 0.29) is 75.1 Å². The largest absolute Gasteiger partial charge is 0.458 e. The van der Waals surface area contributed by atoms with Gasteiger partial charge in [0.25, 0.3) is 10.2 Å². The van der Waals surface area contributed by atoms with Crippen molar-refractivity contribution in [3.8, 4) is 0 Å². The molecule has 0 spiro atoms. The summed E-state index contributed by atoms with van der Waals surface area (Å²) in [6, 6.07) is 9.80. The Morgan fingerprint density at radius 3 is 2.10 bits per heavy atom. The molecule has 15 nitrogen and oxygen atoms in total. The van der Waals surface area contributed by atoms with Crippen LogP contribution in [-0.4, -0.2) is 81.1 Å². The van der Waals surface area contributed by atoms with Gasteiger partial charge in [-0.25, -0.2) is 0 Å². The summed E-state index contributed by atoms with van der Waals surface area (Å²) in [4.78, 5) is 68.2. The van der Waals surface area contributed by atoms with Crippen LogP contribution in [0.1, 0.15) is 102 Å². The van der Waals surface area contributed by atoms with Crippen LogP contribution in [0.3, 0.4) is 0 Å². The zero-order valence-corrected chi connectivity index (χ0v) is 30.1. The first-order valence-electron chi connectivity index (χ1n) is 18.3. The highest BCUT2D eigenvalue weighted by Gasteiger charge is 2.39. The molecule has 290 valence electrons. The number of aliphatic hydroxyl groups excluding tert-OH is 2. The number of esters is 1. The fourth-order valence-corrected chi connectivity index (χ4v) is 6.22. The lowest BCUT2D eigenvalue weighted by Crippen LogP contribution is -2.36. The van der Waals surface area contributed by atoms with Crippen molar-refractivity contribution in [2.24, 2.45) is 11.8 Å². The Balaban J connectivity index is 1.86. The fraction of sp³-hybridized carbons (Fsp3) is 0.649. The first-order chi connectivity index (χ1) is 25.0. The van der Waals surface area contributed by atoms with Crippen LogP contribution in [-0.2, 0) is 35.2 Å². The first kappa shape index (κ1) is 43.8. The Morgan fingerprint density at radius 2 is 1.48 bits per heavy atom. The second-order valence-corrected chi connectivity index (χ2v) is 12.9. The summed E-state index contributed by atoms with van der Waals surface area (Å²) < 4.78 is 5.80. The Hall–Kier alpha value is -4.37. The molecule has 0 aromatic heterocycles. The number of unbranched alkanes of at least 4 members (excludes halogenated alkanes) is 5. The molecule has 0 unspecified atom stereocenters. The van der Waals surface area contributed by atoms with E-state index in [2.05, 4.69) is 9.68 Å². The van der Waals surface area contributed by atoms with E-state index in [1.54, 1.807) is 13.0 Å². The second kappa shape index (κ2) is 25.6. The summed E-state index contributed by atoms with van der Waals surface area (Å²) in [6.07, 6.45) is 12.2. The molecule has 0 bridgehead atoms. The average Bonchev–Trinajstić information content (AvgIpc) is 3.38. The van der Waals surface area contributed by atoms with Gasteiger partial charge in [0, 0.05) is 38.1 Å². The monoisotopic (exact) mass is 733 g/mol. The van der Waals surface area contributed by atoms with Crippen molar-refractivity contribution < 1.29 is 49.2 Å². The average molecular weight is 734 g/mol. The second-order valence-electron chi connectivity index (χ2n) is 12.9. The van der Waals surface area contributed by atoms with Crippen molar-refractivity contribution in [2.45, 2.75) is 122 Å². The van der Waals surface area contributed by atoms with Gasteiger partial charge in [0.05, 0.1) is 25.4 Å². The number of hydrogen-bond acceptors (Lipinski definition) is 12. The standard InChI is InChI=1S/C37H55N3O12/c1-2-38(36(44)20-12-6-14-26-50-39(46)47)35(43)19-11-4-3-10-18-31-32(34(42)28-33(31)41)25-24-30(23-22-29-16-8-5-9-17-29)52-37(45)21-13-7-15-27-51-40(48)49/h3,5,8-10,16-17,24-25,30-34,41-42H,2,4,6-7,11-15,18-23,26-28H2,1H3/b10-3-,25-24+/t30-,31+,32+,33-,34-/m0/s1. The zero-order valence-electron chi connectivity index (χ0n) is 30.1. The van der Waals surface area contributed by atoms with Gasteiger partial charge in [-0.15, -0.1) is 20.2 Å². The number of rotatable bonds is 27. The lowest BCUT2D eigenvalue weighted by atomic mass is 9.89. The van der Waals surface area contributed by atoms with E-state index in [4.69, 9.17) is 4.74 Å². The minimum atomic E-state index is -0.848. The molecule has 15 heteroatoms. The topological polar surface area (TPSA) is 209 Å². The minimum Gasteiger partial charge on any atom is -0.458 e. The molecule has 2 amide bonds. The van der Waals surface area contributed by atoms with Crippen LogP contribution in [0, 0.1) is 32.1 Å². The predicted octanol–water partition coefficient (Wildman–Crippen LogP) is 5.47. The number of allylic oxidation sites excluding steroid dienone is 2. The molecule has 1 fully saturated rings. The number of benzene rings is 1. The van der Waals surface area contributed by atoms with Crippen LogP contribution in [0.15, 0.2) is 54.6 Å². The molecule has 2 rings (SSSR count). The van der Waals surface area contributed by atoms with E-state index in [1.807, 2.05) is 48.6 Å². The molecule has 0 aliphatic heterocycles. The van der Waals surface area contributed by atoms with Gasteiger partial charge in [0.15, 0.2) is 0 Å². The summed E-state index contributed by atoms with van der Waals surface area (Å²) in [5.41, 5.74) is 1.09. The van der Waals surface area contributed by atoms with Crippen LogP contribution in [0.5, 0.6) is 0 Å². The molecule has 52 heavy (non-hydrogen) atoms. The summed E-state index contributed by atoms with van der Waals surface area (Å²) in [5, 5.41) is 40.3. The van der Waals surface area contributed by atoms with Crippen molar-refractivity contribution >= 4 is 17.8 Å². The van der Waals surface area contributed by atoms with E-state index in [0.29, 0.717) is 70.6 Å². The fourth-order valence-electron chi connectivity index (χ4n) is 6.22. The highest BCUT2D eigenvalue weighted by atomic mass is 17.0. The third-order valence-corrected chi connectivity index (χ3v) is 9.02. The number of imide groups is 1. The van der Waals surface area contributed by atoms with Crippen molar-refractivity contribution in [1.29, 1.82) is 0 Å². The van der Waals surface area contributed by atoms with E-state index < -0.39 is 28.5 Å². The SMILES string of the molecule is CCN(C(=O)CCC/C=C\C[C@@H]1[C@@H](/C=C/[C@H](CCc2ccccc2)OC(=O)CCCCCO[N+](=O)[O-])[C@@H](O)C[C@@H]1O)C(=O)CCCCCO[N+](=O)[O-]. The van der Waals surface area contributed by atoms with Gasteiger partial charge in [-0.2, -0.15) is 0 Å². The van der Waals surface area contributed by atoms with Gasteiger partial charge in [-0.05, 0) is 82.3 Å². The normalized spacial score (nSPS) is 19.1. The maximum absolute atomic E-state index is 12.7. The van der Waals surface area contributed by atoms with E-state index in [1.165, 1.54) is 4.90 Å². The van der Waals surface area contributed by atoms with Gasteiger partial charge in [0.2, 0.25) is 11.8 Å². The third-order valence-electron chi connectivity index (χ3n) is 9.02. The molecule has 0 radical (unpaired) electrons.